The van der Waals surface area contributed by atoms with Crippen LogP contribution in [-0.4, -0.2) is 26.2 Å². The summed E-state index contributed by atoms with van der Waals surface area (Å²) in [5, 5.41) is 9.03. The number of sulfonamides is 1. The SMILES string of the molecule is Cc1c(CO)cccc1S(=O)(=O)NCCC(F)(F)F. The number of halogens is 3. The summed E-state index contributed by atoms with van der Waals surface area (Å²) in [5.41, 5.74) is 0.739. The molecular formula is C11H14F3NO3S. The van der Waals surface area contributed by atoms with Crippen molar-refractivity contribution in [3.05, 3.63) is 29.3 Å². The molecule has 0 saturated carbocycles. The van der Waals surface area contributed by atoms with Gasteiger partial charge in [0.1, 0.15) is 0 Å². The highest BCUT2D eigenvalue weighted by Crippen LogP contribution is 2.21. The highest BCUT2D eigenvalue weighted by molar-refractivity contribution is 7.89. The number of hydrogen-bond acceptors (Lipinski definition) is 3. The lowest BCUT2D eigenvalue weighted by atomic mass is 10.1. The summed E-state index contributed by atoms with van der Waals surface area (Å²) < 4.78 is 61.5. The summed E-state index contributed by atoms with van der Waals surface area (Å²) in [5.74, 6) is 0. The van der Waals surface area contributed by atoms with Crippen LogP contribution in [0.3, 0.4) is 0 Å². The number of benzene rings is 1. The molecule has 1 rings (SSSR count). The number of rotatable bonds is 5. The Morgan fingerprint density at radius 1 is 1.32 bits per heavy atom. The lowest BCUT2D eigenvalue weighted by Crippen LogP contribution is -2.28. The van der Waals surface area contributed by atoms with E-state index in [2.05, 4.69) is 0 Å². The van der Waals surface area contributed by atoms with Crippen LogP contribution in [0.4, 0.5) is 13.2 Å². The predicted octanol–water partition coefficient (Wildman–Crippen LogP) is 1.72. The van der Waals surface area contributed by atoms with E-state index in [0.717, 1.165) is 0 Å². The third-order valence-corrected chi connectivity index (χ3v) is 4.16. The molecule has 0 radical (unpaired) electrons. The minimum Gasteiger partial charge on any atom is -0.392 e. The van der Waals surface area contributed by atoms with Gasteiger partial charge in [0.05, 0.1) is 17.9 Å². The Labute approximate surface area is 109 Å². The number of nitrogens with one attached hydrogen (secondary N) is 1. The smallest absolute Gasteiger partial charge is 0.390 e. The Hall–Kier alpha value is -1.12. The fourth-order valence-electron chi connectivity index (χ4n) is 1.53. The number of alkyl halides is 3. The van der Waals surface area contributed by atoms with Gasteiger partial charge in [-0.3, -0.25) is 0 Å². The van der Waals surface area contributed by atoms with Gasteiger partial charge < -0.3 is 5.11 Å². The van der Waals surface area contributed by atoms with E-state index < -0.39 is 29.2 Å². The zero-order valence-electron chi connectivity index (χ0n) is 10.2. The van der Waals surface area contributed by atoms with Gasteiger partial charge in [0.15, 0.2) is 0 Å². The standard InChI is InChI=1S/C11H14F3NO3S/c1-8-9(7-16)3-2-4-10(8)19(17,18)15-6-5-11(12,13)14/h2-4,15-16H,5-7H2,1H3. The maximum Gasteiger partial charge on any atom is 0.390 e. The van der Waals surface area contributed by atoms with Gasteiger partial charge in [-0.15, -0.1) is 0 Å². The van der Waals surface area contributed by atoms with Crippen LogP contribution < -0.4 is 4.72 Å². The zero-order valence-corrected chi connectivity index (χ0v) is 11.0. The first-order valence-corrected chi connectivity index (χ1v) is 6.91. The second kappa shape index (κ2) is 5.89. The summed E-state index contributed by atoms with van der Waals surface area (Å²) >= 11 is 0. The summed E-state index contributed by atoms with van der Waals surface area (Å²) in [4.78, 5) is -0.124. The molecule has 19 heavy (non-hydrogen) atoms. The van der Waals surface area contributed by atoms with Crippen LogP contribution in [0.2, 0.25) is 0 Å². The Bertz CT molecular complexity index is 541. The van der Waals surface area contributed by atoms with Crippen LogP contribution in [-0.2, 0) is 16.6 Å². The third kappa shape index (κ3) is 4.48. The molecule has 0 amide bonds. The molecule has 0 aromatic heterocycles. The predicted molar refractivity (Wildman–Crippen MR) is 63.0 cm³/mol. The average Bonchev–Trinajstić information content (AvgIpc) is 2.27. The number of aliphatic hydroxyl groups is 1. The average molecular weight is 297 g/mol. The summed E-state index contributed by atoms with van der Waals surface area (Å²) in [6.07, 6.45) is -5.64. The summed E-state index contributed by atoms with van der Waals surface area (Å²) in [7, 11) is -4.01. The van der Waals surface area contributed by atoms with E-state index in [9.17, 15) is 21.6 Å². The van der Waals surface area contributed by atoms with Crippen LogP contribution in [0.15, 0.2) is 23.1 Å². The second-order valence-electron chi connectivity index (χ2n) is 3.96. The van der Waals surface area contributed by atoms with Gasteiger partial charge in [0.25, 0.3) is 0 Å². The normalized spacial score (nSPS) is 12.7. The number of hydrogen-bond donors (Lipinski definition) is 2. The van der Waals surface area contributed by atoms with E-state index in [0.29, 0.717) is 11.1 Å². The fourth-order valence-corrected chi connectivity index (χ4v) is 2.85. The van der Waals surface area contributed by atoms with Gasteiger partial charge in [-0.1, -0.05) is 12.1 Å². The van der Waals surface area contributed by atoms with Crippen molar-refractivity contribution in [3.63, 3.8) is 0 Å². The van der Waals surface area contributed by atoms with Gasteiger partial charge in [0, 0.05) is 6.54 Å². The van der Waals surface area contributed by atoms with Crippen LogP contribution in [0, 0.1) is 6.92 Å². The molecule has 0 spiro atoms. The van der Waals surface area contributed by atoms with Crippen LogP contribution in [0.5, 0.6) is 0 Å². The molecule has 8 heteroatoms. The van der Waals surface area contributed by atoms with Crippen molar-refractivity contribution < 1.29 is 26.7 Å². The van der Waals surface area contributed by atoms with Crippen LogP contribution in [0.1, 0.15) is 17.5 Å². The van der Waals surface area contributed by atoms with Crippen molar-refractivity contribution >= 4 is 10.0 Å². The van der Waals surface area contributed by atoms with Gasteiger partial charge >= 0.3 is 6.18 Å². The van der Waals surface area contributed by atoms with E-state index in [1.165, 1.54) is 19.1 Å². The molecule has 0 aliphatic rings. The fraction of sp³-hybridized carbons (Fsp3) is 0.455. The molecule has 0 heterocycles. The first kappa shape index (κ1) is 15.9. The molecule has 0 fully saturated rings. The Morgan fingerprint density at radius 2 is 1.95 bits per heavy atom. The van der Waals surface area contributed by atoms with Crippen LogP contribution in [0.25, 0.3) is 0 Å². The lowest BCUT2D eigenvalue weighted by molar-refractivity contribution is -0.132. The van der Waals surface area contributed by atoms with Crippen molar-refractivity contribution in [3.8, 4) is 0 Å². The molecule has 108 valence electrons. The van der Waals surface area contributed by atoms with Gasteiger partial charge in [-0.2, -0.15) is 13.2 Å². The summed E-state index contributed by atoms with van der Waals surface area (Å²) in [6.45, 7) is 0.441. The van der Waals surface area contributed by atoms with Crippen molar-refractivity contribution in [1.82, 2.24) is 4.72 Å². The maximum atomic E-state index is 12.0. The van der Waals surface area contributed by atoms with E-state index in [-0.39, 0.29) is 11.5 Å². The quantitative estimate of drug-likeness (QED) is 0.869. The molecule has 0 unspecified atom stereocenters. The molecular weight excluding hydrogens is 283 g/mol. The molecule has 0 aliphatic carbocycles. The van der Waals surface area contributed by atoms with Crippen molar-refractivity contribution in [2.75, 3.05) is 6.54 Å². The Morgan fingerprint density at radius 3 is 2.47 bits per heavy atom. The van der Waals surface area contributed by atoms with Gasteiger partial charge in [-0.05, 0) is 24.1 Å². The molecule has 0 aliphatic heterocycles. The minimum absolute atomic E-state index is 0.124. The summed E-state index contributed by atoms with van der Waals surface area (Å²) in [6, 6.07) is 4.26. The largest absolute Gasteiger partial charge is 0.392 e. The Kier molecular flexibility index (Phi) is 4.94. The van der Waals surface area contributed by atoms with Crippen molar-refractivity contribution in [1.29, 1.82) is 0 Å². The second-order valence-corrected chi connectivity index (χ2v) is 5.70. The molecule has 2 N–H and O–H groups in total. The van der Waals surface area contributed by atoms with Gasteiger partial charge in [0.2, 0.25) is 10.0 Å². The highest BCUT2D eigenvalue weighted by Gasteiger charge is 2.28. The highest BCUT2D eigenvalue weighted by atomic mass is 32.2. The minimum atomic E-state index is -4.41. The third-order valence-electron chi connectivity index (χ3n) is 2.56. The zero-order chi connectivity index (χ0) is 14.7. The number of aliphatic hydroxyl groups excluding tert-OH is 1. The molecule has 0 atom stereocenters. The van der Waals surface area contributed by atoms with Gasteiger partial charge in [-0.25, -0.2) is 13.1 Å². The molecule has 0 bridgehead atoms. The first-order valence-electron chi connectivity index (χ1n) is 5.43. The van der Waals surface area contributed by atoms with E-state index in [1.807, 2.05) is 4.72 Å². The first-order chi connectivity index (χ1) is 8.67. The molecule has 0 saturated heterocycles. The molecule has 4 nitrogen and oxygen atoms in total. The van der Waals surface area contributed by atoms with Crippen molar-refractivity contribution in [2.24, 2.45) is 0 Å². The maximum absolute atomic E-state index is 12.0. The van der Waals surface area contributed by atoms with E-state index in [1.54, 1.807) is 6.07 Å². The topological polar surface area (TPSA) is 66.4 Å². The monoisotopic (exact) mass is 297 g/mol. The van der Waals surface area contributed by atoms with E-state index in [4.69, 9.17) is 5.11 Å². The lowest BCUT2D eigenvalue weighted by Gasteiger charge is -2.12. The van der Waals surface area contributed by atoms with E-state index >= 15 is 0 Å². The van der Waals surface area contributed by atoms with Crippen LogP contribution >= 0.6 is 0 Å². The van der Waals surface area contributed by atoms with Crippen molar-refractivity contribution in [2.45, 2.75) is 31.0 Å². The molecule has 1 aromatic rings. The Balaban J connectivity index is 2.89. The molecule has 1 aromatic carbocycles.